The summed E-state index contributed by atoms with van der Waals surface area (Å²) < 4.78 is 0. The molecule has 0 bridgehead atoms. The molecule has 14 heavy (non-hydrogen) atoms. The van der Waals surface area contributed by atoms with Crippen LogP contribution in [-0.4, -0.2) is 46.7 Å². The highest BCUT2D eigenvalue weighted by Crippen LogP contribution is 2.40. The van der Waals surface area contributed by atoms with E-state index in [9.17, 15) is 9.59 Å². The molecule has 0 aliphatic heterocycles. The fourth-order valence-electron chi connectivity index (χ4n) is 1.34. The van der Waals surface area contributed by atoms with Crippen LogP contribution in [0.3, 0.4) is 0 Å². The van der Waals surface area contributed by atoms with E-state index < -0.39 is 11.9 Å². The normalized spacial score (nSPS) is 26.8. The van der Waals surface area contributed by atoms with Crippen molar-refractivity contribution in [2.75, 3.05) is 13.7 Å². The van der Waals surface area contributed by atoms with E-state index in [4.69, 9.17) is 10.2 Å². The molecule has 5 nitrogen and oxygen atoms in total. The molecule has 5 heteroatoms. The topological polar surface area (TPSA) is 77.8 Å². The van der Waals surface area contributed by atoms with Crippen LogP contribution < -0.4 is 0 Å². The molecule has 1 aliphatic carbocycles. The van der Waals surface area contributed by atoms with Crippen molar-refractivity contribution in [2.45, 2.75) is 19.4 Å². The Kier molecular flexibility index (Phi) is 3.10. The number of carbonyl (C=O) groups is 2. The molecule has 1 saturated carbocycles. The average molecular weight is 201 g/mol. The summed E-state index contributed by atoms with van der Waals surface area (Å²) in [5.74, 6) is -1.99. The zero-order chi connectivity index (χ0) is 10.9. The zero-order valence-electron chi connectivity index (χ0n) is 8.30. The monoisotopic (exact) mass is 201 g/mol. The molecule has 0 aromatic rings. The van der Waals surface area contributed by atoms with Crippen LogP contribution in [0.5, 0.6) is 0 Å². The van der Waals surface area contributed by atoms with Crippen molar-refractivity contribution >= 4 is 11.9 Å². The van der Waals surface area contributed by atoms with Gasteiger partial charge in [0.05, 0.1) is 24.5 Å². The maximum Gasteiger partial charge on any atom is 0.307 e. The first-order chi connectivity index (χ1) is 6.49. The van der Waals surface area contributed by atoms with Crippen LogP contribution in [0.2, 0.25) is 0 Å². The molecule has 0 radical (unpaired) electrons. The van der Waals surface area contributed by atoms with Gasteiger partial charge in [-0.1, -0.05) is 0 Å². The highest BCUT2D eigenvalue weighted by molar-refractivity contribution is 5.89. The Bertz CT molecular complexity index is 253. The SMILES string of the molecule is CC(CO)N(C)C(=O)C1CC1C(=O)O. The molecule has 0 saturated heterocycles. The number of carboxylic acids is 1. The Balaban J connectivity index is 2.48. The van der Waals surface area contributed by atoms with Gasteiger partial charge in [-0.25, -0.2) is 0 Å². The van der Waals surface area contributed by atoms with Gasteiger partial charge in [0.15, 0.2) is 0 Å². The number of carbonyl (C=O) groups excluding carboxylic acids is 1. The van der Waals surface area contributed by atoms with Gasteiger partial charge in [-0.05, 0) is 13.3 Å². The summed E-state index contributed by atoms with van der Waals surface area (Å²) in [4.78, 5) is 23.5. The Labute approximate surface area is 82.3 Å². The largest absolute Gasteiger partial charge is 0.481 e. The van der Waals surface area contributed by atoms with Crippen LogP contribution in [0.1, 0.15) is 13.3 Å². The Morgan fingerprint density at radius 2 is 2.07 bits per heavy atom. The lowest BCUT2D eigenvalue weighted by Crippen LogP contribution is -2.38. The maximum absolute atomic E-state index is 11.6. The predicted octanol–water partition coefficient (Wildman–Crippen LogP) is -0.454. The summed E-state index contributed by atoms with van der Waals surface area (Å²) in [7, 11) is 1.58. The molecule has 1 fully saturated rings. The number of likely N-dealkylation sites (N-methyl/N-ethyl adjacent to an activating group) is 1. The molecule has 0 aromatic heterocycles. The third-order valence-electron chi connectivity index (χ3n) is 2.70. The van der Waals surface area contributed by atoms with E-state index >= 15 is 0 Å². The number of nitrogens with zero attached hydrogens (tertiary/aromatic N) is 1. The number of hydrogen-bond acceptors (Lipinski definition) is 3. The molecule has 3 atom stereocenters. The van der Waals surface area contributed by atoms with E-state index in [-0.39, 0.29) is 24.5 Å². The molecule has 2 N–H and O–H groups in total. The van der Waals surface area contributed by atoms with Crippen LogP contribution in [-0.2, 0) is 9.59 Å². The van der Waals surface area contributed by atoms with Crippen molar-refractivity contribution < 1.29 is 19.8 Å². The lowest BCUT2D eigenvalue weighted by atomic mass is 10.2. The van der Waals surface area contributed by atoms with E-state index in [1.165, 1.54) is 4.90 Å². The Morgan fingerprint density at radius 3 is 2.43 bits per heavy atom. The quantitative estimate of drug-likeness (QED) is 0.645. The van der Waals surface area contributed by atoms with Gasteiger partial charge < -0.3 is 15.1 Å². The van der Waals surface area contributed by atoms with Gasteiger partial charge in [0.25, 0.3) is 0 Å². The van der Waals surface area contributed by atoms with Crippen LogP contribution in [0.25, 0.3) is 0 Å². The first-order valence-electron chi connectivity index (χ1n) is 4.59. The van der Waals surface area contributed by atoms with Crippen molar-refractivity contribution in [3.05, 3.63) is 0 Å². The van der Waals surface area contributed by atoms with Crippen molar-refractivity contribution in [3.8, 4) is 0 Å². The summed E-state index contributed by atoms with van der Waals surface area (Å²) in [6, 6.07) is -0.252. The van der Waals surface area contributed by atoms with Crippen molar-refractivity contribution in [1.82, 2.24) is 4.90 Å². The molecule has 1 rings (SSSR count). The number of carboxylic acid groups (broad SMARTS) is 1. The third-order valence-corrected chi connectivity index (χ3v) is 2.70. The van der Waals surface area contributed by atoms with Gasteiger partial charge in [-0.3, -0.25) is 9.59 Å². The molecular formula is C9H15NO4. The summed E-state index contributed by atoms with van der Waals surface area (Å²) in [6.07, 6.45) is 0.427. The third kappa shape index (κ3) is 2.04. The van der Waals surface area contributed by atoms with Crippen LogP contribution >= 0.6 is 0 Å². The Morgan fingerprint density at radius 1 is 1.50 bits per heavy atom. The summed E-state index contributed by atoms with van der Waals surface area (Å²) in [5, 5.41) is 17.5. The minimum atomic E-state index is -0.909. The minimum absolute atomic E-state index is 0.104. The molecule has 1 amide bonds. The van der Waals surface area contributed by atoms with Crippen molar-refractivity contribution in [3.63, 3.8) is 0 Å². The highest BCUT2D eigenvalue weighted by Gasteiger charge is 2.49. The second-order valence-corrected chi connectivity index (χ2v) is 3.77. The van der Waals surface area contributed by atoms with Crippen LogP contribution in [0.15, 0.2) is 0 Å². The van der Waals surface area contributed by atoms with Crippen molar-refractivity contribution in [1.29, 1.82) is 0 Å². The molecule has 0 aromatic carbocycles. The van der Waals surface area contributed by atoms with E-state index in [0.717, 1.165) is 0 Å². The Hall–Kier alpha value is -1.10. The predicted molar refractivity (Wildman–Crippen MR) is 48.6 cm³/mol. The van der Waals surface area contributed by atoms with Crippen LogP contribution in [0.4, 0.5) is 0 Å². The number of aliphatic hydroxyl groups excluding tert-OH is 1. The van der Waals surface area contributed by atoms with Gasteiger partial charge >= 0.3 is 5.97 Å². The van der Waals surface area contributed by atoms with Gasteiger partial charge in [-0.15, -0.1) is 0 Å². The maximum atomic E-state index is 11.6. The number of amides is 1. The smallest absolute Gasteiger partial charge is 0.307 e. The molecule has 3 unspecified atom stereocenters. The minimum Gasteiger partial charge on any atom is -0.481 e. The van der Waals surface area contributed by atoms with Gasteiger partial charge in [0, 0.05) is 7.05 Å². The summed E-state index contributed by atoms with van der Waals surface area (Å²) >= 11 is 0. The number of aliphatic carboxylic acids is 1. The fourth-order valence-corrected chi connectivity index (χ4v) is 1.34. The number of aliphatic hydroxyl groups is 1. The van der Waals surface area contributed by atoms with Gasteiger partial charge in [0.1, 0.15) is 0 Å². The van der Waals surface area contributed by atoms with E-state index in [2.05, 4.69) is 0 Å². The standard InChI is InChI=1S/C9H15NO4/c1-5(4-11)10(2)8(12)6-3-7(6)9(13)14/h5-7,11H,3-4H2,1-2H3,(H,13,14). The van der Waals surface area contributed by atoms with E-state index in [0.29, 0.717) is 6.42 Å². The van der Waals surface area contributed by atoms with Crippen LogP contribution in [0, 0.1) is 11.8 Å². The first kappa shape index (κ1) is 11.0. The average Bonchev–Trinajstić information content (AvgIpc) is 2.93. The van der Waals surface area contributed by atoms with E-state index in [1.807, 2.05) is 0 Å². The number of rotatable bonds is 4. The molecule has 0 heterocycles. The molecule has 0 spiro atoms. The number of hydrogen-bond donors (Lipinski definition) is 2. The van der Waals surface area contributed by atoms with E-state index in [1.54, 1.807) is 14.0 Å². The second kappa shape index (κ2) is 3.96. The van der Waals surface area contributed by atoms with Gasteiger partial charge in [0.2, 0.25) is 5.91 Å². The fraction of sp³-hybridized carbons (Fsp3) is 0.778. The van der Waals surface area contributed by atoms with Gasteiger partial charge in [-0.2, -0.15) is 0 Å². The molecular weight excluding hydrogens is 186 g/mol. The lowest BCUT2D eigenvalue weighted by Gasteiger charge is -2.23. The molecule has 80 valence electrons. The summed E-state index contributed by atoms with van der Waals surface area (Å²) in [5.41, 5.74) is 0. The second-order valence-electron chi connectivity index (χ2n) is 3.77. The summed E-state index contributed by atoms with van der Waals surface area (Å²) in [6.45, 7) is 1.61. The zero-order valence-corrected chi connectivity index (χ0v) is 8.30. The first-order valence-corrected chi connectivity index (χ1v) is 4.59. The highest BCUT2D eigenvalue weighted by atomic mass is 16.4. The van der Waals surface area contributed by atoms with Crippen molar-refractivity contribution in [2.24, 2.45) is 11.8 Å². The molecule has 1 aliphatic rings. The lowest BCUT2D eigenvalue weighted by molar-refractivity contribution is -0.142.